The molecule has 0 aliphatic heterocycles. The molecule has 0 aliphatic carbocycles. The maximum atomic E-state index is 6.67. The second-order valence-electron chi connectivity index (χ2n) is 11.0. The molecule has 4 heteroatoms. The summed E-state index contributed by atoms with van der Waals surface area (Å²) in [6, 6.07) is 52.3. The highest BCUT2D eigenvalue weighted by atomic mass is 16.3. The van der Waals surface area contributed by atoms with E-state index in [1.54, 1.807) is 0 Å². The van der Waals surface area contributed by atoms with Crippen molar-refractivity contribution in [3.05, 3.63) is 152 Å². The zero-order valence-electron chi connectivity index (χ0n) is 23.7. The molecule has 0 saturated heterocycles. The number of benzene rings is 6. The minimum Gasteiger partial charge on any atom is -0.455 e. The lowest BCUT2D eigenvalue weighted by Gasteiger charge is -2.13. The van der Waals surface area contributed by atoms with Crippen molar-refractivity contribution in [1.82, 2.24) is 14.5 Å². The van der Waals surface area contributed by atoms with E-state index in [4.69, 9.17) is 14.4 Å². The molecule has 0 atom stereocenters. The molecule has 0 N–H and O–H groups in total. The second-order valence-corrected chi connectivity index (χ2v) is 11.0. The maximum absolute atomic E-state index is 6.67. The van der Waals surface area contributed by atoms with Crippen molar-refractivity contribution in [3.8, 4) is 39.6 Å². The van der Waals surface area contributed by atoms with Crippen LogP contribution in [-0.2, 0) is 0 Å². The molecule has 0 bridgehead atoms. The minimum absolute atomic E-state index is 0.682. The fraction of sp³-hybridized carbons (Fsp3) is 0. The third-order valence-corrected chi connectivity index (χ3v) is 8.41. The number of hydrogen-bond acceptors (Lipinski definition) is 3. The predicted octanol–water partition coefficient (Wildman–Crippen LogP) is 10.5. The van der Waals surface area contributed by atoms with Gasteiger partial charge in [0.05, 0.1) is 22.1 Å². The third kappa shape index (κ3) is 3.78. The Bertz CT molecular complexity index is 2420. The summed E-state index contributed by atoms with van der Waals surface area (Å²) >= 11 is 0. The summed E-state index contributed by atoms with van der Waals surface area (Å²) in [6.07, 6.45) is 0. The number of nitrogens with zero attached hydrogens (tertiary/aromatic N) is 3. The molecule has 0 saturated carbocycles. The van der Waals surface area contributed by atoms with Crippen LogP contribution in [0.1, 0.15) is 0 Å². The van der Waals surface area contributed by atoms with Crippen LogP contribution in [0.25, 0.3) is 83.3 Å². The molecule has 206 valence electrons. The first-order chi connectivity index (χ1) is 21.8. The Balaban J connectivity index is 1.46. The SMILES string of the molecule is c1ccc(-c2cc(-n3c4ccccc4c4cc(-c5ccccc5)c5oc6ccccc6c5c43)nc(-c3ccccc3)n2)cc1. The highest BCUT2D eigenvalue weighted by molar-refractivity contribution is 6.27. The van der Waals surface area contributed by atoms with Crippen LogP contribution in [0.4, 0.5) is 0 Å². The Hall–Kier alpha value is -6.00. The number of fused-ring (bicyclic) bond motifs is 7. The van der Waals surface area contributed by atoms with Crippen molar-refractivity contribution < 1.29 is 4.42 Å². The van der Waals surface area contributed by atoms with Crippen LogP contribution in [0.3, 0.4) is 0 Å². The first-order valence-corrected chi connectivity index (χ1v) is 14.8. The van der Waals surface area contributed by atoms with Crippen LogP contribution < -0.4 is 0 Å². The molecule has 0 aliphatic rings. The van der Waals surface area contributed by atoms with Gasteiger partial charge in [0.1, 0.15) is 17.0 Å². The highest BCUT2D eigenvalue weighted by Gasteiger charge is 2.23. The Labute approximate surface area is 253 Å². The van der Waals surface area contributed by atoms with Gasteiger partial charge in [-0.05, 0) is 23.8 Å². The van der Waals surface area contributed by atoms with Gasteiger partial charge in [-0.2, -0.15) is 0 Å². The summed E-state index contributed by atoms with van der Waals surface area (Å²) < 4.78 is 8.97. The van der Waals surface area contributed by atoms with Crippen molar-refractivity contribution in [2.75, 3.05) is 0 Å². The van der Waals surface area contributed by atoms with E-state index in [1.165, 1.54) is 0 Å². The number of rotatable bonds is 4. The Morgan fingerprint density at radius 1 is 0.500 bits per heavy atom. The van der Waals surface area contributed by atoms with Crippen LogP contribution >= 0.6 is 0 Å². The standard InChI is InChI=1S/C40H25N3O/c1-4-14-26(15-5-1)31-24-32-29-20-10-12-22-34(29)43(38(32)37-30-21-11-13-23-35(30)44-39(31)37)36-25-33(27-16-6-2-7-17-27)41-40(42-36)28-18-8-3-9-19-28/h1-25H. The van der Waals surface area contributed by atoms with E-state index in [-0.39, 0.29) is 0 Å². The van der Waals surface area contributed by atoms with Gasteiger partial charge in [0.15, 0.2) is 5.82 Å². The molecular formula is C40H25N3O. The van der Waals surface area contributed by atoms with Crippen LogP contribution in [0, 0.1) is 0 Å². The molecule has 9 rings (SSSR count). The summed E-state index contributed by atoms with van der Waals surface area (Å²) in [5, 5.41) is 4.47. The van der Waals surface area contributed by atoms with Crippen molar-refractivity contribution in [1.29, 1.82) is 0 Å². The average Bonchev–Trinajstić information content (AvgIpc) is 3.65. The molecule has 0 spiro atoms. The van der Waals surface area contributed by atoms with Crippen molar-refractivity contribution in [3.63, 3.8) is 0 Å². The van der Waals surface area contributed by atoms with Gasteiger partial charge in [-0.1, -0.05) is 127 Å². The van der Waals surface area contributed by atoms with Crippen LogP contribution in [0.5, 0.6) is 0 Å². The van der Waals surface area contributed by atoms with Gasteiger partial charge < -0.3 is 4.42 Å². The fourth-order valence-electron chi connectivity index (χ4n) is 6.43. The van der Waals surface area contributed by atoms with Crippen LogP contribution in [-0.4, -0.2) is 14.5 Å². The van der Waals surface area contributed by atoms with Crippen molar-refractivity contribution >= 4 is 43.7 Å². The van der Waals surface area contributed by atoms with Gasteiger partial charge >= 0.3 is 0 Å². The topological polar surface area (TPSA) is 43.9 Å². The first-order valence-electron chi connectivity index (χ1n) is 14.8. The number of hydrogen-bond donors (Lipinski definition) is 0. The second kappa shape index (κ2) is 9.79. The molecule has 0 radical (unpaired) electrons. The number of para-hydroxylation sites is 2. The van der Waals surface area contributed by atoms with E-state index < -0.39 is 0 Å². The largest absolute Gasteiger partial charge is 0.455 e. The maximum Gasteiger partial charge on any atom is 0.162 e. The lowest BCUT2D eigenvalue weighted by Crippen LogP contribution is -2.02. The minimum atomic E-state index is 0.682. The van der Waals surface area contributed by atoms with E-state index >= 15 is 0 Å². The Morgan fingerprint density at radius 2 is 1.11 bits per heavy atom. The summed E-state index contributed by atoms with van der Waals surface area (Å²) in [7, 11) is 0. The van der Waals surface area contributed by atoms with Gasteiger partial charge in [-0.3, -0.25) is 4.57 Å². The lowest BCUT2D eigenvalue weighted by atomic mass is 9.98. The third-order valence-electron chi connectivity index (χ3n) is 8.41. The zero-order valence-corrected chi connectivity index (χ0v) is 23.7. The smallest absolute Gasteiger partial charge is 0.162 e. The molecule has 9 aromatic rings. The fourth-order valence-corrected chi connectivity index (χ4v) is 6.43. The molecule has 0 unspecified atom stereocenters. The summed E-state index contributed by atoms with van der Waals surface area (Å²) in [4.78, 5) is 10.3. The first kappa shape index (κ1) is 24.6. The van der Waals surface area contributed by atoms with Gasteiger partial charge in [-0.25, -0.2) is 9.97 Å². The molecule has 6 aromatic carbocycles. The molecule has 3 heterocycles. The highest BCUT2D eigenvalue weighted by Crippen LogP contribution is 2.45. The van der Waals surface area contributed by atoms with Gasteiger partial charge in [0.2, 0.25) is 0 Å². The van der Waals surface area contributed by atoms with Crippen LogP contribution in [0.15, 0.2) is 156 Å². The molecular weight excluding hydrogens is 538 g/mol. The van der Waals surface area contributed by atoms with Crippen molar-refractivity contribution in [2.24, 2.45) is 0 Å². The summed E-state index contributed by atoms with van der Waals surface area (Å²) in [6.45, 7) is 0. The molecule has 44 heavy (non-hydrogen) atoms. The monoisotopic (exact) mass is 563 g/mol. The molecule has 0 fully saturated rings. The number of furan rings is 1. The van der Waals surface area contributed by atoms with E-state index in [0.717, 1.165) is 77.5 Å². The van der Waals surface area contributed by atoms with E-state index in [2.05, 4.69) is 108 Å². The van der Waals surface area contributed by atoms with Gasteiger partial charge in [0.25, 0.3) is 0 Å². The lowest BCUT2D eigenvalue weighted by molar-refractivity contribution is 0.670. The molecule has 3 aromatic heterocycles. The van der Waals surface area contributed by atoms with E-state index in [1.807, 2.05) is 48.5 Å². The quantitative estimate of drug-likeness (QED) is 0.214. The van der Waals surface area contributed by atoms with E-state index in [0.29, 0.717) is 5.82 Å². The average molecular weight is 564 g/mol. The predicted molar refractivity (Wildman–Crippen MR) is 180 cm³/mol. The Kier molecular flexibility index (Phi) is 5.47. The number of aromatic nitrogens is 3. The summed E-state index contributed by atoms with van der Waals surface area (Å²) in [5.41, 5.74) is 8.96. The van der Waals surface area contributed by atoms with E-state index in [9.17, 15) is 0 Å². The van der Waals surface area contributed by atoms with Crippen LogP contribution in [0.2, 0.25) is 0 Å². The normalized spacial score (nSPS) is 11.6. The van der Waals surface area contributed by atoms with Gasteiger partial charge in [0, 0.05) is 38.9 Å². The zero-order chi connectivity index (χ0) is 29.0. The molecule has 0 amide bonds. The van der Waals surface area contributed by atoms with Gasteiger partial charge in [-0.15, -0.1) is 0 Å². The van der Waals surface area contributed by atoms with Crippen molar-refractivity contribution in [2.45, 2.75) is 0 Å². The Morgan fingerprint density at radius 3 is 1.86 bits per heavy atom. The summed E-state index contributed by atoms with van der Waals surface area (Å²) in [5.74, 6) is 1.49. The molecule has 4 nitrogen and oxygen atoms in total.